The van der Waals surface area contributed by atoms with Gasteiger partial charge in [0.25, 0.3) is 0 Å². The lowest BCUT2D eigenvalue weighted by Crippen LogP contribution is -2.00. The van der Waals surface area contributed by atoms with Gasteiger partial charge in [0.1, 0.15) is 33.5 Å². The monoisotopic (exact) mass is 654 g/mol. The summed E-state index contributed by atoms with van der Waals surface area (Å²) in [4.78, 5) is 18.6. The van der Waals surface area contributed by atoms with Gasteiger partial charge in [0, 0.05) is 49.0 Å². The topological polar surface area (TPSA) is 130 Å². The Kier molecular flexibility index (Phi) is 5.87. The first-order chi connectivity index (χ1) is 25.0. The van der Waals surface area contributed by atoms with E-state index in [1.165, 1.54) is 0 Å². The number of nitrogens with zero attached hydrogens (tertiary/aromatic N) is 6. The zero-order valence-corrected chi connectivity index (χ0v) is 26.3. The molecule has 0 aliphatic heterocycles. The van der Waals surface area contributed by atoms with Gasteiger partial charge >= 0.3 is 0 Å². The van der Waals surface area contributed by atoms with Crippen LogP contribution in [0.1, 0.15) is 11.1 Å². The Labute approximate surface area is 287 Å². The van der Waals surface area contributed by atoms with Crippen LogP contribution >= 0.6 is 0 Å². The second-order valence-electron chi connectivity index (χ2n) is 12.2. The molecule has 9 nitrogen and oxygen atoms in total. The van der Waals surface area contributed by atoms with E-state index in [9.17, 15) is 10.5 Å². The molecule has 0 aliphatic carbocycles. The maximum Gasteiger partial charge on any atom is 0.188 e. The fourth-order valence-electron chi connectivity index (χ4n) is 6.71. The molecule has 0 fully saturated rings. The fraction of sp³-hybridized carbons (Fsp3) is 0. The highest BCUT2D eigenvalue weighted by Gasteiger charge is 2.18. The van der Waals surface area contributed by atoms with Gasteiger partial charge in [-0.05, 0) is 103 Å². The minimum Gasteiger partial charge on any atom is -0.456 e. The Morgan fingerprint density at radius 3 is 1.14 bits per heavy atom. The maximum atomic E-state index is 9.54. The average molecular weight is 655 g/mol. The molecule has 0 amide bonds. The van der Waals surface area contributed by atoms with Crippen molar-refractivity contribution >= 4 is 71.5 Å². The summed E-state index contributed by atoms with van der Waals surface area (Å²) in [6.45, 7) is 7.50. The first-order valence-electron chi connectivity index (χ1n) is 15.9. The maximum absolute atomic E-state index is 9.54. The quantitative estimate of drug-likeness (QED) is 0.172. The molecule has 6 aromatic carbocycles. The summed E-state index contributed by atoms with van der Waals surface area (Å²) in [6, 6.07) is 37.8. The van der Waals surface area contributed by atoms with E-state index in [1.807, 2.05) is 78.9 Å². The van der Waals surface area contributed by atoms with Crippen LogP contribution in [0.25, 0.3) is 105 Å². The van der Waals surface area contributed by atoms with E-state index < -0.39 is 0 Å². The number of hydrogen-bond acceptors (Lipinski definition) is 8. The van der Waals surface area contributed by atoms with E-state index in [1.54, 1.807) is 30.3 Å². The minimum absolute atomic E-state index is 0.444. The Bertz CT molecular complexity index is 2900. The van der Waals surface area contributed by atoms with E-state index in [2.05, 4.69) is 17.0 Å². The third-order valence-electron chi connectivity index (χ3n) is 9.19. The second-order valence-corrected chi connectivity index (χ2v) is 12.2. The zero-order valence-electron chi connectivity index (χ0n) is 26.3. The number of furan rings is 3. The van der Waals surface area contributed by atoms with Crippen LogP contribution in [-0.4, -0.2) is 15.0 Å². The lowest BCUT2D eigenvalue weighted by molar-refractivity contribution is 0.668. The third-order valence-corrected chi connectivity index (χ3v) is 9.19. The van der Waals surface area contributed by atoms with Gasteiger partial charge in [-0.2, -0.15) is 10.5 Å². The molecule has 0 spiro atoms. The van der Waals surface area contributed by atoms with Crippen LogP contribution in [0.5, 0.6) is 0 Å². The number of benzene rings is 6. The minimum atomic E-state index is 0.444. The van der Waals surface area contributed by atoms with E-state index in [4.69, 9.17) is 34.8 Å². The Hall–Kier alpha value is -7.80. The molecule has 0 unspecified atom stereocenters. The van der Waals surface area contributed by atoms with Crippen molar-refractivity contribution < 1.29 is 13.3 Å². The van der Waals surface area contributed by atoms with Crippen LogP contribution in [0, 0.1) is 29.2 Å². The lowest BCUT2D eigenvalue weighted by atomic mass is 10.1. The van der Waals surface area contributed by atoms with Crippen molar-refractivity contribution in [2.45, 2.75) is 0 Å². The van der Waals surface area contributed by atoms with Crippen molar-refractivity contribution in [2.75, 3.05) is 0 Å². The van der Waals surface area contributed by atoms with Crippen LogP contribution in [0.4, 0.5) is 5.69 Å². The summed E-state index contributed by atoms with van der Waals surface area (Å²) in [6.07, 6.45) is 0. The number of fused-ring (bicyclic) bond motifs is 9. The summed E-state index contributed by atoms with van der Waals surface area (Å²) in [7, 11) is 0. The molecule has 10 aromatic rings. The van der Waals surface area contributed by atoms with E-state index in [-0.39, 0.29) is 0 Å². The molecule has 0 saturated carbocycles. The summed E-state index contributed by atoms with van der Waals surface area (Å²) in [5, 5.41) is 24.1. The van der Waals surface area contributed by atoms with Crippen LogP contribution in [0.3, 0.4) is 0 Å². The van der Waals surface area contributed by atoms with Gasteiger partial charge in [0.2, 0.25) is 0 Å². The average Bonchev–Trinajstić information content (AvgIpc) is 3.86. The van der Waals surface area contributed by atoms with Gasteiger partial charge < -0.3 is 13.3 Å². The van der Waals surface area contributed by atoms with Gasteiger partial charge in [-0.25, -0.2) is 19.8 Å². The summed E-state index contributed by atoms with van der Waals surface area (Å²) in [5.74, 6) is 1.33. The summed E-state index contributed by atoms with van der Waals surface area (Å²) in [5.41, 5.74) is 7.92. The van der Waals surface area contributed by atoms with Gasteiger partial charge in [0.15, 0.2) is 23.2 Å². The first kappa shape index (κ1) is 28.2. The number of nitriles is 2. The van der Waals surface area contributed by atoms with E-state index in [0.717, 1.165) is 49.0 Å². The lowest BCUT2D eigenvalue weighted by Gasteiger charge is -2.09. The zero-order chi connectivity index (χ0) is 34.2. The molecule has 9 heteroatoms. The highest BCUT2D eigenvalue weighted by molar-refractivity contribution is 6.09. The van der Waals surface area contributed by atoms with Gasteiger partial charge in [-0.3, -0.25) is 0 Å². The SMILES string of the molecule is [C-]#[N+]c1ccc2oc3ccc(-c4nc(-c5ccc6oc7ccc(C#N)cc7c6c5)nc(-c5ccc6oc7ccc(C#N)cc7c6c5)n4)cc3c2c1. The van der Waals surface area contributed by atoms with E-state index >= 15 is 0 Å². The van der Waals surface area contributed by atoms with Gasteiger partial charge in [0.05, 0.1) is 29.8 Å². The molecule has 0 saturated heterocycles. The largest absolute Gasteiger partial charge is 0.456 e. The first-order valence-corrected chi connectivity index (χ1v) is 15.9. The van der Waals surface area contributed by atoms with Crippen molar-refractivity contribution in [1.82, 2.24) is 15.0 Å². The van der Waals surface area contributed by atoms with Crippen molar-refractivity contribution in [2.24, 2.45) is 0 Å². The van der Waals surface area contributed by atoms with Crippen LogP contribution in [0.2, 0.25) is 0 Å². The Morgan fingerprint density at radius 1 is 0.431 bits per heavy atom. The van der Waals surface area contributed by atoms with Crippen molar-refractivity contribution in [3.05, 3.63) is 132 Å². The molecular weight excluding hydrogens is 637 g/mol. The van der Waals surface area contributed by atoms with Crippen molar-refractivity contribution in [3.8, 4) is 46.3 Å². The van der Waals surface area contributed by atoms with Crippen molar-refractivity contribution in [1.29, 1.82) is 10.5 Å². The molecular formula is C42H18N6O3. The van der Waals surface area contributed by atoms with Gasteiger partial charge in [-0.15, -0.1) is 0 Å². The molecule has 0 radical (unpaired) electrons. The normalized spacial score (nSPS) is 11.5. The molecule has 10 rings (SSSR count). The third kappa shape index (κ3) is 4.42. The molecule has 0 atom stereocenters. The van der Waals surface area contributed by atoms with Gasteiger partial charge in [-0.1, -0.05) is 6.07 Å². The predicted octanol–water partition coefficient (Wildman–Crippen LogP) is 10.9. The molecule has 0 N–H and O–H groups in total. The summed E-state index contributed by atoms with van der Waals surface area (Å²) < 4.78 is 18.2. The Balaban J connectivity index is 1.20. The predicted molar refractivity (Wildman–Crippen MR) is 194 cm³/mol. The van der Waals surface area contributed by atoms with Crippen LogP contribution < -0.4 is 0 Å². The fourth-order valence-corrected chi connectivity index (χ4v) is 6.71. The van der Waals surface area contributed by atoms with Crippen LogP contribution in [0.15, 0.2) is 122 Å². The number of aromatic nitrogens is 3. The highest BCUT2D eigenvalue weighted by Crippen LogP contribution is 2.37. The van der Waals surface area contributed by atoms with E-state index in [0.29, 0.717) is 67.8 Å². The molecule has 234 valence electrons. The van der Waals surface area contributed by atoms with Crippen molar-refractivity contribution in [3.63, 3.8) is 0 Å². The molecule has 4 heterocycles. The number of hydrogen-bond donors (Lipinski definition) is 0. The smallest absolute Gasteiger partial charge is 0.188 e. The number of rotatable bonds is 3. The second kappa shape index (κ2) is 10.6. The molecule has 0 bridgehead atoms. The van der Waals surface area contributed by atoms with Crippen LogP contribution in [-0.2, 0) is 0 Å². The molecule has 0 aliphatic rings. The Morgan fingerprint density at radius 2 is 0.765 bits per heavy atom. The summed E-state index contributed by atoms with van der Waals surface area (Å²) >= 11 is 0. The highest BCUT2D eigenvalue weighted by atomic mass is 16.3. The standard InChI is InChI=1S/C42H18N6O3/c1-45-27-7-13-39-33(19-27)32-18-26(6-12-38(32)51-39)42-47-40(24-4-10-36-30(16-24)28-14-22(20-43)2-8-34(28)49-36)46-41(48-42)25-5-11-37-31(17-25)29-15-23(21-44)3-9-35(29)50-37/h2-19H. The molecule has 4 aromatic heterocycles. The molecule has 51 heavy (non-hydrogen) atoms.